The fourth-order valence-corrected chi connectivity index (χ4v) is 3.20. The second-order valence-corrected chi connectivity index (χ2v) is 6.68. The van der Waals surface area contributed by atoms with Crippen LogP contribution in [-0.2, 0) is 4.74 Å². The third-order valence-electron chi connectivity index (χ3n) is 4.85. The predicted octanol–water partition coefficient (Wildman–Crippen LogP) is 2.50. The summed E-state index contributed by atoms with van der Waals surface area (Å²) in [6, 6.07) is 11.7. The van der Waals surface area contributed by atoms with Crippen molar-refractivity contribution < 1.29 is 14.3 Å². The van der Waals surface area contributed by atoms with Crippen molar-refractivity contribution in [2.45, 2.75) is 6.42 Å². The van der Waals surface area contributed by atoms with Gasteiger partial charge < -0.3 is 24.6 Å². The van der Waals surface area contributed by atoms with Gasteiger partial charge in [0.05, 0.1) is 12.7 Å². The van der Waals surface area contributed by atoms with Crippen molar-refractivity contribution in [1.82, 2.24) is 9.88 Å². The highest BCUT2D eigenvalue weighted by Gasteiger charge is 2.22. The minimum Gasteiger partial charge on any atom is -0.497 e. The Kier molecular flexibility index (Phi) is 7.08. The molecule has 28 heavy (non-hydrogen) atoms. The number of piperazine rings is 1. The Morgan fingerprint density at radius 2 is 1.82 bits per heavy atom. The Bertz CT molecular complexity index is 741. The van der Waals surface area contributed by atoms with Gasteiger partial charge in [-0.2, -0.15) is 0 Å². The first-order valence-electron chi connectivity index (χ1n) is 9.58. The third kappa shape index (κ3) is 5.13. The second-order valence-electron chi connectivity index (χ2n) is 6.68. The number of aromatic nitrogens is 1. The molecule has 7 heteroatoms. The summed E-state index contributed by atoms with van der Waals surface area (Å²) >= 11 is 0. The summed E-state index contributed by atoms with van der Waals surface area (Å²) in [6.07, 6.45) is 2.56. The summed E-state index contributed by atoms with van der Waals surface area (Å²) in [4.78, 5) is 21.3. The molecule has 0 unspecified atom stereocenters. The van der Waals surface area contributed by atoms with E-state index in [2.05, 4.69) is 27.3 Å². The molecule has 0 radical (unpaired) electrons. The minimum atomic E-state index is 0.0350. The molecule has 0 aliphatic carbocycles. The van der Waals surface area contributed by atoms with E-state index in [4.69, 9.17) is 9.47 Å². The SMILES string of the molecule is COCCCNc1ccc(C(=O)N2CCN(c3ccc(OC)cc3)CC2)cn1. The highest BCUT2D eigenvalue weighted by atomic mass is 16.5. The molecular formula is C21H28N4O3. The highest BCUT2D eigenvalue weighted by molar-refractivity contribution is 5.94. The van der Waals surface area contributed by atoms with Crippen LogP contribution < -0.4 is 15.0 Å². The largest absolute Gasteiger partial charge is 0.497 e. The Labute approximate surface area is 166 Å². The summed E-state index contributed by atoms with van der Waals surface area (Å²) in [5, 5.41) is 3.23. The van der Waals surface area contributed by atoms with E-state index in [-0.39, 0.29) is 5.91 Å². The fraction of sp³-hybridized carbons (Fsp3) is 0.429. The number of hydrogen-bond acceptors (Lipinski definition) is 6. The smallest absolute Gasteiger partial charge is 0.255 e. The Morgan fingerprint density at radius 3 is 2.43 bits per heavy atom. The molecule has 1 N–H and O–H groups in total. The Morgan fingerprint density at radius 1 is 1.07 bits per heavy atom. The van der Waals surface area contributed by atoms with E-state index in [1.165, 1.54) is 0 Å². The molecule has 0 saturated carbocycles. The number of carbonyl (C=O) groups excluding carboxylic acids is 1. The number of rotatable bonds is 8. The Hall–Kier alpha value is -2.80. The number of amides is 1. The van der Waals surface area contributed by atoms with Gasteiger partial charge in [0.2, 0.25) is 0 Å². The van der Waals surface area contributed by atoms with Crippen LogP contribution in [0.25, 0.3) is 0 Å². The van der Waals surface area contributed by atoms with Crippen LogP contribution in [0.1, 0.15) is 16.8 Å². The first-order valence-corrected chi connectivity index (χ1v) is 9.58. The van der Waals surface area contributed by atoms with Gasteiger partial charge in [-0.05, 0) is 42.8 Å². The molecule has 1 amide bonds. The number of carbonyl (C=O) groups is 1. The zero-order chi connectivity index (χ0) is 19.8. The van der Waals surface area contributed by atoms with E-state index in [1.54, 1.807) is 20.4 Å². The standard InChI is InChI=1S/C21H28N4O3/c1-27-15-3-10-22-20-9-4-17(16-23-20)21(26)25-13-11-24(12-14-25)18-5-7-19(28-2)8-6-18/h4-9,16H,3,10-15H2,1-2H3,(H,22,23). The summed E-state index contributed by atoms with van der Waals surface area (Å²) in [7, 11) is 3.35. The van der Waals surface area contributed by atoms with Crippen molar-refractivity contribution >= 4 is 17.4 Å². The number of methoxy groups -OCH3 is 2. The van der Waals surface area contributed by atoms with Crippen molar-refractivity contribution in [2.75, 3.05) is 63.8 Å². The van der Waals surface area contributed by atoms with Gasteiger partial charge >= 0.3 is 0 Å². The van der Waals surface area contributed by atoms with E-state index in [9.17, 15) is 4.79 Å². The number of ether oxygens (including phenoxy) is 2. The molecule has 2 aromatic rings. The van der Waals surface area contributed by atoms with Crippen molar-refractivity contribution in [3.63, 3.8) is 0 Å². The molecule has 1 aliphatic rings. The van der Waals surface area contributed by atoms with Crippen molar-refractivity contribution in [3.8, 4) is 5.75 Å². The average molecular weight is 384 g/mol. The number of nitrogens with zero attached hydrogens (tertiary/aromatic N) is 3. The molecule has 7 nitrogen and oxygen atoms in total. The van der Waals surface area contributed by atoms with Crippen LogP contribution in [-0.4, -0.2) is 69.3 Å². The summed E-state index contributed by atoms with van der Waals surface area (Å²) in [5.41, 5.74) is 1.78. The summed E-state index contributed by atoms with van der Waals surface area (Å²) in [6.45, 7) is 4.52. The first-order chi connectivity index (χ1) is 13.7. The molecule has 3 rings (SSSR count). The summed E-state index contributed by atoms with van der Waals surface area (Å²) < 4.78 is 10.2. The molecule has 1 aliphatic heterocycles. The first kappa shape index (κ1) is 19.9. The van der Waals surface area contributed by atoms with Crippen LogP contribution in [0.2, 0.25) is 0 Å². The van der Waals surface area contributed by atoms with E-state index < -0.39 is 0 Å². The lowest BCUT2D eigenvalue weighted by molar-refractivity contribution is 0.0746. The van der Waals surface area contributed by atoms with Crippen LogP contribution in [0.15, 0.2) is 42.6 Å². The molecule has 150 valence electrons. The molecule has 0 atom stereocenters. The number of anilines is 2. The maximum Gasteiger partial charge on any atom is 0.255 e. The second kappa shape index (κ2) is 9.94. The number of pyridine rings is 1. The lowest BCUT2D eigenvalue weighted by atomic mass is 10.2. The van der Waals surface area contributed by atoms with Crippen LogP contribution >= 0.6 is 0 Å². The molecule has 1 saturated heterocycles. The number of benzene rings is 1. The monoisotopic (exact) mass is 384 g/mol. The van der Waals surface area contributed by atoms with Gasteiger partial charge in [0.1, 0.15) is 11.6 Å². The van der Waals surface area contributed by atoms with Gasteiger partial charge in [0.25, 0.3) is 5.91 Å². The lowest BCUT2D eigenvalue weighted by Crippen LogP contribution is -2.48. The van der Waals surface area contributed by atoms with E-state index >= 15 is 0 Å². The number of nitrogens with one attached hydrogen (secondary N) is 1. The number of hydrogen-bond donors (Lipinski definition) is 1. The zero-order valence-corrected chi connectivity index (χ0v) is 16.6. The van der Waals surface area contributed by atoms with Gasteiger partial charge in [0, 0.05) is 58.3 Å². The molecule has 0 spiro atoms. The summed E-state index contributed by atoms with van der Waals surface area (Å²) in [5.74, 6) is 1.66. The normalized spacial score (nSPS) is 14.1. The topological polar surface area (TPSA) is 66.9 Å². The van der Waals surface area contributed by atoms with Crippen molar-refractivity contribution in [3.05, 3.63) is 48.2 Å². The maximum atomic E-state index is 12.8. The third-order valence-corrected chi connectivity index (χ3v) is 4.85. The van der Waals surface area contributed by atoms with Crippen molar-refractivity contribution in [1.29, 1.82) is 0 Å². The van der Waals surface area contributed by atoms with E-state index in [0.717, 1.165) is 43.3 Å². The molecule has 2 heterocycles. The predicted molar refractivity (Wildman–Crippen MR) is 110 cm³/mol. The highest BCUT2D eigenvalue weighted by Crippen LogP contribution is 2.21. The van der Waals surface area contributed by atoms with Gasteiger partial charge in [-0.1, -0.05) is 0 Å². The quantitative estimate of drug-likeness (QED) is 0.706. The zero-order valence-electron chi connectivity index (χ0n) is 16.6. The van der Waals surface area contributed by atoms with Gasteiger partial charge in [0.15, 0.2) is 0 Å². The molecular weight excluding hydrogens is 356 g/mol. The molecule has 1 aromatic heterocycles. The van der Waals surface area contributed by atoms with E-state index in [1.807, 2.05) is 29.2 Å². The average Bonchev–Trinajstić information content (AvgIpc) is 2.77. The Balaban J connectivity index is 1.50. The van der Waals surface area contributed by atoms with Crippen LogP contribution in [0.5, 0.6) is 5.75 Å². The van der Waals surface area contributed by atoms with Crippen molar-refractivity contribution in [2.24, 2.45) is 0 Å². The van der Waals surface area contributed by atoms with Crippen LogP contribution in [0.4, 0.5) is 11.5 Å². The van der Waals surface area contributed by atoms with E-state index in [0.29, 0.717) is 25.3 Å². The fourth-order valence-electron chi connectivity index (χ4n) is 3.20. The van der Waals surface area contributed by atoms with Gasteiger partial charge in [-0.3, -0.25) is 4.79 Å². The maximum absolute atomic E-state index is 12.8. The molecule has 1 aromatic carbocycles. The lowest BCUT2D eigenvalue weighted by Gasteiger charge is -2.36. The van der Waals surface area contributed by atoms with Crippen LogP contribution in [0.3, 0.4) is 0 Å². The molecule has 1 fully saturated rings. The van der Waals surface area contributed by atoms with Gasteiger partial charge in [-0.15, -0.1) is 0 Å². The van der Waals surface area contributed by atoms with Crippen LogP contribution in [0, 0.1) is 0 Å². The molecule has 0 bridgehead atoms. The van der Waals surface area contributed by atoms with Gasteiger partial charge in [-0.25, -0.2) is 4.98 Å². The minimum absolute atomic E-state index is 0.0350.